The van der Waals surface area contributed by atoms with E-state index in [4.69, 9.17) is 0 Å². The summed E-state index contributed by atoms with van der Waals surface area (Å²) in [5.74, 6) is 0. The van der Waals surface area contributed by atoms with Gasteiger partial charge in [0, 0.05) is 29.7 Å². The summed E-state index contributed by atoms with van der Waals surface area (Å²) in [5.41, 5.74) is 4.01. The van der Waals surface area contributed by atoms with Gasteiger partial charge >= 0.3 is 6.18 Å². The van der Waals surface area contributed by atoms with Crippen LogP contribution in [0.2, 0.25) is 0 Å². The second kappa shape index (κ2) is 5.67. The van der Waals surface area contributed by atoms with Crippen LogP contribution in [0.4, 0.5) is 13.2 Å². The Hall–Kier alpha value is -2.27. The number of nitrogens with zero attached hydrogens (tertiary/aromatic N) is 1. The molecule has 1 N–H and O–H groups in total. The first-order valence-corrected chi connectivity index (χ1v) is 8.00. The number of para-hydroxylation sites is 1. The SMILES string of the molecule is FC(F)(F)c1ccc(Cn2c3c(c4ccccc42)CCNC3)cc1. The third-order valence-corrected chi connectivity index (χ3v) is 4.66. The van der Waals surface area contributed by atoms with Crippen molar-refractivity contribution in [3.05, 3.63) is 70.9 Å². The molecule has 3 aromatic rings. The summed E-state index contributed by atoms with van der Waals surface area (Å²) < 4.78 is 40.4. The van der Waals surface area contributed by atoms with Crippen LogP contribution in [0.25, 0.3) is 10.9 Å². The van der Waals surface area contributed by atoms with E-state index in [2.05, 4.69) is 22.0 Å². The van der Waals surface area contributed by atoms with Crippen LogP contribution in [-0.4, -0.2) is 11.1 Å². The summed E-state index contributed by atoms with van der Waals surface area (Å²) in [6.45, 7) is 2.33. The molecule has 24 heavy (non-hydrogen) atoms. The lowest BCUT2D eigenvalue weighted by Gasteiger charge is -2.17. The van der Waals surface area contributed by atoms with Gasteiger partial charge in [-0.15, -0.1) is 0 Å². The summed E-state index contributed by atoms with van der Waals surface area (Å²) in [4.78, 5) is 0. The van der Waals surface area contributed by atoms with Gasteiger partial charge < -0.3 is 9.88 Å². The molecule has 0 radical (unpaired) electrons. The monoisotopic (exact) mass is 330 g/mol. The Kier molecular flexibility index (Phi) is 3.61. The van der Waals surface area contributed by atoms with E-state index in [0.29, 0.717) is 6.54 Å². The highest BCUT2D eigenvalue weighted by Crippen LogP contribution is 2.31. The Morgan fingerprint density at radius 3 is 2.50 bits per heavy atom. The molecule has 1 aliphatic heterocycles. The lowest BCUT2D eigenvalue weighted by atomic mass is 10.0. The van der Waals surface area contributed by atoms with E-state index in [-0.39, 0.29) is 0 Å². The maximum atomic E-state index is 12.7. The van der Waals surface area contributed by atoms with Crippen LogP contribution >= 0.6 is 0 Å². The van der Waals surface area contributed by atoms with Crippen molar-refractivity contribution in [2.24, 2.45) is 0 Å². The fourth-order valence-corrected chi connectivity index (χ4v) is 3.49. The molecule has 0 fully saturated rings. The smallest absolute Gasteiger partial charge is 0.339 e. The topological polar surface area (TPSA) is 17.0 Å². The van der Waals surface area contributed by atoms with E-state index in [1.54, 1.807) is 12.1 Å². The molecule has 1 aliphatic rings. The zero-order valence-corrected chi connectivity index (χ0v) is 13.0. The van der Waals surface area contributed by atoms with Gasteiger partial charge in [-0.2, -0.15) is 13.2 Å². The van der Waals surface area contributed by atoms with E-state index in [1.165, 1.54) is 16.6 Å². The molecule has 0 amide bonds. The van der Waals surface area contributed by atoms with Gasteiger partial charge in [0.15, 0.2) is 0 Å². The van der Waals surface area contributed by atoms with Gasteiger partial charge in [0.2, 0.25) is 0 Å². The first-order valence-electron chi connectivity index (χ1n) is 8.00. The van der Waals surface area contributed by atoms with Crippen molar-refractivity contribution in [2.75, 3.05) is 6.54 Å². The van der Waals surface area contributed by atoms with E-state index >= 15 is 0 Å². The highest BCUT2D eigenvalue weighted by molar-refractivity contribution is 5.86. The molecular weight excluding hydrogens is 313 g/mol. The molecule has 2 nitrogen and oxygen atoms in total. The fraction of sp³-hybridized carbons (Fsp3) is 0.263. The number of fused-ring (bicyclic) bond motifs is 3. The highest BCUT2D eigenvalue weighted by Gasteiger charge is 2.30. The van der Waals surface area contributed by atoms with Crippen molar-refractivity contribution in [3.63, 3.8) is 0 Å². The Morgan fingerprint density at radius 1 is 1.00 bits per heavy atom. The summed E-state index contributed by atoms with van der Waals surface area (Å²) in [5, 5.41) is 4.64. The molecule has 0 bridgehead atoms. The van der Waals surface area contributed by atoms with Gasteiger partial charge in [-0.1, -0.05) is 30.3 Å². The summed E-state index contributed by atoms with van der Waals surface area (Å²) in [6.07, 6.45) is -3.31. The molecule has 0 unspecified atom stereocenters. The average Bonchev–Trinajstić information content (AvgIpc) is 2.89. The number of benzene rings is 2. The predicted octanol–water partition coefficient (Wildman–Crippen LogP) is 4.35. The van der Waals surface area contributed by atoms with Crippen molar-refractivity contribution in [2.45, 2.75) is 25.7 Å². The highest BCUT2D eigenvalue weighted by atomic mass is 19.4. The van der Waals surface area contributed by atoms with Crippen LogP contribution in [0.5, 0.6) is 0 Å². The standard InChI is InChI=1S/C19H17F3N2/c20-19(21,22)14-7-5-13(6-8-14)12-24-17-4-2-1-3-15(17)16-9-10-23-11-18(16)24/h1-8,23H,9-12H2. The first-order chi connectivity index (χ1) is 11.5. The van der Waals surface area contributed by atoms with Gasteiger partial charge in [-0.25, -0.2) is 0 Å². The maximum absolute atomic E-state index is 12.7. The molecule has 2 aromatic carbocycles. The van der Waals surface area contributed by atoms with Crippen molar-refractivity contribution in [1.29, 1.82) is 0 Å². The average molecular weight is 330 g/mol. The largest absolute Gasteiger partial charge is 0.416 e. The van der Waals surface area contributed by atoms with Gasteiger partial charge in [0.05, 0.1) is 5.56 Å². The number of aromatic nitrogens is 1. The van der Waals surface area contributed by atoms with Crippen molar-refractivity contribution in [3.8, 4) is 0 Å². The maximum Gasteiger partial charge on any atom is 0.416 e. The molecule has 0 aliphatic carbocycles. The Labute approximate surface area is 137 Å². The summed E-state index contributed by atoms with van der Waals surface area (Å²) in [7, 11) is 0. The number of alkyl halides is 3. The molecule has 1 aromatic heterocycles. The minimum Gasteiger partial charge on any atom is -0.339 e. The molecule has 5 heteroatoms. The predicted molar refractivity (Wildman–Crippen MR) is 87.9 cm³/mol. The fourth-order valence-electron chi connectivity index (χ4n) is 3.49. The van der Waals surface area contributed by atoms with Crippen LogP contribution in [0, 0.1) is 0 Å². The lowest BCUT2D eigenvalue weighted by Crippen LogP contribution is -2.25. The molecule has 0 atom stereocenters. The number of hydrogen-bond acceptors (Lipinski definition) is 1. The van der Waals surface area contributed by atoms with Crippen LogP contribution in [0.3, 0.4) is 0 Å². The number of nitrogens with one attached hydrogen (secondary N) is 1. The summed E-state index contributed by atoms with van der Waals surface area (Å²) >= 11 is 0. The van der Waals surface area contributed by atoms with Gasteiger partial charge in [-0.3, -0.25) is 0 Å². The minimum absolute atomic E-state index is 0.579. The zero-order valence-electron chi connectivity index (χ0n) is 13.0. The molecule has 0 saturated carbocycles. The zero-order chi connectivity index (χ0) is 16.7. The van der Waals surface area contributed by atoms with E-state index in [9.17, 15) is 13.2 Å². The van der Waals surface area contributed by atoms with Crippen molar-refractivity contribution in [1.82, 2.24) is 9.88 Å². The lowest BCUT2D eigenvalue weighted by molar-refractivity contribution is -0.137. The van der Waals surface area contributed by atoms with Gasteiger partial charge in [0.1, 0.15) is 0 Å². The normalized spacial score (nSPS) is 14.8. The van der Waals surface area contributed by atoms with Gasteiger partial charge in [-0.05, 0) is 42.3 Å². The molecule has 0 saturated heterocycles. The van der Waals surface area contributed by atoms with Crippen LogP contribution in [0.15, 0.2) is 48.5 Å². The van der Waals surface area contributed by atoms with Crippen LogP contribution in [0.1, 0.15) is 22.4 Å². The van der Waals surface area contributed by atoms with Crippen molar-refractivity contribution < 1.29 is 13.2 Å². The van der Waals surface area contributed by atoms with E-state index in [1.807, 2.05) is 12.1 Å². The van der Waals surface area contributed by atoms with E-state index < -0.39 is 11.7 Å². The second-order valence-electron chi connectivity index (χ2n) is 6.15. The first kappa shape index (κ1) is 15.3. The van der Waals surface area contributed by atoms with Crippen LogP contribution < -0.4 is 5.32 Å². The number of halogens is 3. The van der Waals surface area contributed by atoms with Crippen LogP contribution in [-0.2, 0) is 25.7 Å². The third kappa shape index (κ3) is 2.59. The summed E-state index contributed by atoms with van der Waals surface area (Å²) in [6, 6.07) is 13.7. The Balaban J connectivity index is 1.75. The third-order valence-electron chi connectivity index (χ3n) is 4.66. The van der Waals surface area contributed by atoms with Gasteiger partial charge in [0.25, 0.3) is 0 Å². The minimum atomic E-state index is -4.29. The van der Waals surface area contributed by atoms with Crippen molar-refractivity contribution >= 4 is 10.9 Å². The number of rotatable bonds is 2. The number of hydrogen-bond donors (Lipinski definition) is 1. The van der Waals surface area contributed by atoms with E-state index in [0.717, 1.165) is 42.7 Å². The molecule has 0 spiro atoms. The molecule has 124 valence electrons. The quantitative estimate of drug-likeness (QED) is 0.739. The second-order valence-corrected chi connectivity index (χ2v) is 6.15. The Morgan fingerprint density at radius 2 is 1.75 bits per heavy atom. The molecular formula is C19H17F3N2. The molecule has 2 heterocycles. The molecule has 4 rings (SSSR count). The Bertz CT molecular complexity index is 876.